The molecular weight excluding hydrogens is 446 g/mol. The van der Waals surface area contributed by atoms with Gasteiger partial charge >= 0.3 is 0 Å². The van der Waals surface area contributed by atoms with Crippen LogP contribution in [0.2, 0.25) is 0 Å². The molecule has 0 radical (unpaired) electrons. The summed E-state index contributed by atoms with van der Waals surface area (Å²) < 4.78 is 28.3. The number of benzene rings is 2. The van der Waals surface area contributed by atoms with Crippen molar-refractivity contribution in [1.82, 2.24) is 4.90 Å². The number of thioether (sulfide) groups is 1. The molecule has 2 aromatic carbocycles. The molecule has 0 bridgehead atoms. The summed E-state index contributed by atoms with van der Waals surface area (Å²) in [5.74, 6) is 0.674. The molecule has 1 aliphatic heterocycles. The number of amidine groups is 1. The molecule has 9 heteroatoms. The number of sulfonamides is 1. The molecule has 32 heavy (non-hydrogen) atoms. The Kier molecular flexibility index (Phi) is 6.68. The molecule has 1 heterocycles. The van der Waals surface area contributed by atoms with Gasteiger partial charge in [-0.05, 0) is 72.6 Å². The first-order valence-electron chi connectivity index (χ1n) is 10.4. The Labute approximate surface area is 192 Å². The van der Waals surface area contributed by atoms with E-state index in [4.69, 9.17) is 14.9 Å². The third-order valence-electron chi connectivity index (χ3n) is 5.56. The van der Waals surface area contributed by atoms with Gasteiger partial charge in [-0.1, -0.05) is 31.4 Å². The van der Waals surface area contributed by atoms with E-state index in [1.54, 1.807) is 19.2 Å². The third kappa shape index (κ3) is 5.06. The monoisotopic (exact) mass is 471 g/mol. The first kappa shape index (κ1) is 22.6. The highest BCUT2D eigenvalue weighted by atomic mass is 32.2. The van der Waals surface area contributed by atoms with Crippen LogP contribution in [0, 0.1) is 0 Å². The van der Waals surface area contributed by atoms with E-state index in [-0.39, 0.29) is 16.8 Å². The minimum absolute atomic E-state index is 0.0272. The Morgan fingerprint density at radius 1 is 1.12 bits per heavy atom. The minimum Gasteiger partial charge on any atom is -0.497 e. The van der Waals surface area contributed by atoms with Crippen molar-refractivity contribution in [2.45, 2.75) is 43.0 Å². The van der Waals surface area contributed by atoms with Crippen LogP contribution in [0.4, 0.5) is 5.69 Å². The van der Waals surface area contributed by atoms with Crippen LogP contribution in [-0.4, -0.2) is 37.5 Å². The lowest BCUT2D eigenvalue weighted by molar-refractivity contribution is -0.124. The number of aliphatic imine (C=N–C) groups is 1. The van der Waals surface area contributed by atoms with E-state index in [2.05, 4.69) is 0 Å². The topological polar surface area (TPSA) is 102 Å². The smallest absolute Gasteiger partial charge is 0.267 e. The molecule has 1 saturated carbocycles. The number of amides is 1. The van der Waals surface area contributed by atoms with Crippen molar-refractivity contribution in [3.63, 3.8) is 0 Å². The maximum atomic E-state index is 13.4. The van der Waals surface area contributed by atoms with Crippen molar-refractivity contribution in [3.8, 4) is 5.75 Å². The Hall–Kier alpha value is -2.62. The van der Waals surface area contributed by atoms with Gasteiger partial charge in [0.05, 0.1) is 22.6 Å². The van der Waals surface area contributed by atoms with Crippen LogP contribution in [0.3, 0.4) is 0 Å². The number of hydrogen-bond donors (Lipinski definition) is 1. The SMILES string of the molecule is COc1cccc(C=C2S/C(=N\c3ccc(S(N)(=O)=O)cc3)N(C3CCCCC3)C2=O)c1. The fraction of sp³-hybridized carbons (Fsp3) is 0.304. The highest BCUT2D eigenvalue weighted by Crippen LogP contribution is 2.38. The summed E-state index contributed by atoms with van der Waals surface area (Å²) in [6.07, 6.45) is 7.11. The Morgan fingerprint density at radius 3 is 2.50 bits per heavy atom. The number of ether oxygens (including phenoxy) is 1. The van der Waals surface area contributed by atoms with E-state index in [1.165, 1.54) is 30.3 Å². The van der Waals surface area contributed by atoms with Gasteiger partial charge in [0.2, 0.25) is 10.0 Å². The number of primary sulfonamides is 1. The second-order valence-electron chi connectivity index (χ2n) is 7.79. The summed E-state index contributed by atoms with van der Waals surface area (Å²) >= 11 is 1.34. The zero-order valence-electron chi connectivity index (χ0n) is 17.7. The molecule has 2 fully saturated rings. The number of carbonyl (C=O) groups excluding carboxylic acids is 1. The molecule has 7 nitrogen and oxygen atoms in total. The van der Waals surface area contributed by atoms with E-state index in [9.17, 15) is 13.2 Å². The third-order valence-corrected chi connectivity index (χ3v) is 7.47. The number of carbonyl (C=O) groups is 1. The summed E-state index contributed by atoms with van der Waals surface area (Å²) in [5.41, 5.74) is 1.44. The van der Waals surface area contributed by atoms with Crippen LogP contribution in [0.5, 0.6) is 5.75 Å². The lowest BCUT2D eigenvalue weighted by Crippen LogP contribution is -2.40. The number of methoxy groups -OCH3 is 1. The average molecular weight is 472 g/mol. The molecule has 2 aromatic rings. The molecule has 1 amide bonds. The summed E-state index contributed by atoms with van der Waals surface area (Å²) in [6, 6.07) is 13.7. The summed E-state index contributed by atoms with van der Waals surface area (Å²) in [5, 5.41) is 5.79. The number of hydrogen-bond acceptors (Lipinski definition) is 6. The molecule has 0 aromatic heterocycles. The van der Waals surface area contributed by atoms with Crippen LogP contribution >= 0.6 is 11.8 Å². The van der Waals surface area contributed by atoms with Crippen molar-refractivity contribution < 1.29 is 17.9 Å². The summed E-state index contributed by atoms with van der Waals surface area (Å²) in [7, 11) is -2.16. The zero-order valence-corrected chi connectivity index (χ0v) is 19.4. The second-order valence-corrected chi connectivity index (χ2v) is 10.4. The first-order valence-corrected chi connectivity index (χ1v) is 12.8. The van der Waals surface area contributed by atoms with Crippen LogP contribution in [0.1, 0.15) is 37.7 Å². The minimum atomic E-state index is -3.77. The Morgan fingerprint density at radius 2 is 1.84 bits per heavy atom. The van der Waals surface area contributed by atoms with E-state index in [1.807, 2.05) is 35.2 Å². The maximum absolute atomic E-state index is 13.4. The maximum Gasteiger partial charge on any atom is 0.267 e. The van der Waals surface area contributed by atoms with Crippen LogP contribution in [0.15, 0.2) is 63.3 Å². The van der Waals surface area contributed by atoms with Gasteiger partial charge < -0.3 is 4.74 Å². The molecule has 2 N–H and O–H groups in total. The second kappa shape index (κ2) is 9.48. The predicted octanol–water partition coefficient (Wildman–Crippen LogP) is 4.28. The fourth-order valence-electron chi connectivity index (χ4n) is 3.93. The van der Waals surface area contributed by atoms with Gasteiger partial charge in [-0.15, -0.1) is 0 Å². The van der Waals surface area contributed by atoms with Gasteiger partial charge in [0, 0.05) is 6.04 Å². The van der Waals surface area contributed by atoms with Gasteiger partial charge in [0.1, 0.15) is 5.75 Å². The molecule has 0 spiro atoms. The molecule has 2 aliphatic rings. The standard InChI is InChI=1S/C23H25N3O4S2/c1-30-19-9-5-6-16(14-19)15-21-22(27)26(18-7-3-2-4-8-18)23(31-21)25-17-10-12-20(13-11-17)32(24,28)29/h5-6,9-15,18H,2-4,7-8H2,1H3,(H2,24,28,29)/b21-15?,25-23-. The van der Waals surface area contributed by atoms with Crippen LogP contribution < -0.4 is 9.88 Å². The first-order chi connectivity index (χ1) is 15.3. The van der Waals surface area contributed by atoms with Crippen molar-refractivity contribution in [2.24, 2.45) is 10.1 Å². The van der Waals surface area contributed by atoms with Gasteiger partial charge in [0.15, 0.2) is 5.17 Å². The van der Waals surface area contributed by atoms with Gasteiger partial charge in [-0.2, -0.15) is 0 Å². The van der Waals surface area contributed by atoms with E-state index < -0.39 is 10.0 Å². The van der Waals surface area contributed by atoms with Gasteiger partial charge in [-0.3, -0.25) is 9.69 Å². The Bertz CT molecular complexity index is 1170. The fourth-order valence-corrected chi connectivity index (χ4v) is 5.50. The number of rotatable bonds is 5. The van der Waals surface area contributed by atoms with Crippen molar-refractivity contribution in [1.29, 1.82) is 0 Å². The molecule has 1 saturated heterocycles. The normalized spacial score (nSPS) is 20.3. The molecule has 168 valence electrons. The summed E-state index contributed by atoms with van der Waals surface area (Å²) in [4.78, 5) is 20.5. The quantitative estimate of drug-likeness (QED) is 0.656. The predicted molar refractivity (Wildman–Crippen MR) is 127 cm³/mol. The lowest BCUT2D eigenvalue weighted by Gasteiger charge is -2.30. The van der Waals surface area contributed by atoms with E-state index in [0.717, 1.165) is 37.0 Å². The molecule has 4 rings (SSSR count). The van der Waals surface area contributed by atoms with E-state index in [0.29, 0.717) is 15.8 Å². The van der Waals surface area contributed by atoms with Crippen molar-refractivity contribution >= 4 is 44.6 Å². The molecule has 0 atom stereocenters. The number of nitrogens with two attached hydrogens (primary N) is 1. The number of nitrogens with zero attached hydrogens (tertiary/aromatic N) is 2. The molecule has 1 aliphatic carbocycles. The van der Waals surface area contributed by atoms with E-state index >= 15 is 0 Å². The Balaban J connectivity index is 1.69. The van der Waals surface area contributed by atoms with Crippen molar-refractivity contribution in [2.75, 3.05) is 7.11 Å². The highest BCUT2D eigenvalue weighted by Gasteiger charge is 2.38. The highest BCUT2D eigenvalue weighted by molar-refractivity contribution is 8.18. The van der Waals surface area contributed by atoms with Crippen LogP contribution in [-0.2, 0) is 14.8 Å². The van der Waals surface area contributed by atoms with Crippen molar-refractivity contribution in [3.05, 3.63) is 59.0 Å². The average Bonchev–Trinajstić information content (AvgIpc) is 3.08. The zero-order chi connectivity index (χ0) is 22.7. The molecule has 0 unspecified atom stereocenters. The van der Waals surface area contributed by atoms with Gasteiger partial charge in [-0.25, -0.2) is 18.5 Å². The van der Waals surface area contributed by atoms with Crippen LogP contribution in [0.25, 0.3) is 6.08 Å². The largest absolute Gasteiger partial charge is 0.497 e. The lowest BCUT2D eigenvalue weighted by atomic mass is 9.94. The van der Waals surface area contributed by atoms with Gasteiger partial charge in [0.25, 0.3) is 5.91 Å². The molecular formula is C23H25N3O4S2. The summed E-state index contributed by atoms with van der Waals surface area (Å²) in [6.45, 7) is 0.